The normalized spacial score (nSPS) is 19.9. The third-order valence-electron chi connectivity index (χ3n) is 4.59. The molecule has 7 nitrogen and oxygen atoms in total. The summed E-state index contributed by atoms with van der Waals surface area (Å²) in [5.74, 6) is 0.123. The molecule has 2 fully saturated rings. The highest BCUT2D eigenvalue weighted by Crippen LogP contribution is 2.12. The SMILES string of the molecule is O=C(NC1CCN(CC(=O)N2CCOCC2)CC1)c1ccncc1. The minimum Gasteiger partial charge on any atom is -0.378 e. The molecule has 2 saturated heterocycles. The van der Waals surface area contributed by atoms with Crippen molar-refractivity contribution in [2.45, 2.75) is 18.9 Å². The lowest BCUT2D eigenvalue weighted by atomic mass is 10.0. The van der Waals surface area contributed by atoms with E-state index in [1.54, 1.807) is 24.5 Å². The van der Waals surface area contributed by atoms with Crippen LogP contribution in [0.3, 0.4) is 0 Å². The van der Waals surface area contributed by atoms with Crippen molar-refractivity contribution in [1.82, 2.24) is 20.1 Å². The first kappa shape index (κ1) is 16.9. The van der Waals surface area contributed by atoms with Gasteiger partial charge in [0.05, 0.1) is 19.8 Å². The van der Waals surface area contributed by atoms with Gasteiger partial charge in [-0.1, -0.05) is 0 Å². The number of nitrogens with zero attached hydrogens (tertiary/aromatic N) is 3. The molecule has 2 aliphatic rings. The smallest absolute Gasteiger partial charge is 0.251 e. The maximum Gasteiger partial charge on any atom is 0.251 e. The van der Waals surface area contributed by atoms with Gasteiger partial charge in [-0.05, 0) is 25.0 Å². The van der Waals surface area contributed by atoms with Crippen LogP contribution in [0.1, 0.15) is 23.2 Å². The van der Waals surface area contributed by atoms with Gasteiger partial charge in [0.25, 0.3) is 5.91 Å². The molecule has 0 unspecified atom stereocenters. The second-order valence-corrected chi connectivity index (χ2v) is 6.25. The quantitative estimate of drug-likeness (QED) is 0.849. The number of nitrogens with one attached hydrogen (secondary N) is 1. The van der Waals surface area contributed by atoms with E-state index in [9.17, 15) is 9.59 Å². The summed E-state index contributed by atoms with van der Waals surface area (Å²) in [6.45, 7) is 4.78. The molecule has 0 saturated carbocycles. The van der Waals surface area contributed by atoms with Crippen LogP contribution < -0.4 is 5.32 Å². The first-order valence-corrected chi connectivity index (χ1v) is 8.51. The van der Waals surface area contributed by atoms with Crippen LogP contribution in [-0.2, 0) is 9.53 Å². The van der Waals surface area contributed by atoms with Crippen molar-refractivity contribution in [3.63, 3.8) is 0 Å². The molecule has 3 rings (SSSR count). The highest BCUT2D eigenvalue weighted by molar-refractivity contribution is 5.94. The van der Waals surface area contributed by atoms with Crippen LogP contribution >= 0.6 is 0 Å². The van der Waals surface area contributed by atoms with Crippen molar-refractivity contribution in [2.24, 2.45) is 0 Å². The Bertz CT molecular complexity index is 552. The van der Waals surface area contributed by atoms with Crippen LogP contribution in [-0.4, -0.2) is 78.6 Å². The van der Waals surface area contributed by atoms with Crippen LogP contribution in [0.2, 0.25) is 0 Å². The van der Waals surface area contributed by atoms with Crippen molar-refractivity contribution >= 4 is 11.8 Å². The maximum absolute atomic E-state index is 12.3. The van der Waals surface area contributed by atoms with Gasteiger partial charge in [-0.25, -0.2) is 0 Å². The molecule has 0 bridgehead atoms. The van der Waals surface area contributed by atoms with Crippen molar-refractivity contribution in [3.05, 3.63) is 30.1 Å². The van der Waals surface area contributed by atoms with E-state index in [2.05, 4.69) is 15.2 Å². The van der Waals surface area contributed by atoms with E-state index in [-0.39, 0.29) is 17.9 Å². The van der Waals surface area contributed by atoms with E-state index in [4.69, 9.17) is 4.74 Å². The molecule has 0 radical (unpaired) electrons. The molecule has 130 valence electrons. The van der Waals surface area contributed by atoms with Gasteiger partial charge in [-0.3, -0.25) is 19.5 Å². The van der Waals surface area contributed by atoms with E-state index in [0.29, 0.717) is 38.4 Å². The van der Waals surface area contributed by atoms with Crippen LogP contribution in [0.25, 0.3) is 0 Å². The fraction of sp³-hybridized carbons (Fsp3) is 0.588. The summed E-state index contributed by atoms with van der Waals surface area (Å²) in [4.78, 5) is 32.4. The molecule has 0 atom stereocenters. The van der Waals surface area contributed by atoms with E-state index in [1.165, 1.54) is 0 Å². The Hall–Kier alpha value is -1.99. The number of hydrogen-bond donors (Lipinski definition) is 1. The fourth-order valence-corrected chi connectivity index (χ4v) is 3.11. The van der Waals surface area contributed by atoms with Gasteiger partial charge < -0.3 is 15.0 Å². The van der Waals surface area contributed by atoms with Crippen molar-refractivity contribution in [2.75, 3.05) is 45.9 Å². The van der Waals surface area contributed by atoms with Gasteiger partial charge in [0.15, 0.2) is 0 Å². The number of piperidine rings is 1. The molecule has 1 aromatic heterocycles. The minimum absolute atomic E-state index is 0.0553. The lowest BCUT2D eigenvalue weighted by molar-refractivity contribution is -0.136. The highest BCUT2D eigenvalue weighted by Gasteiger charge is 2.24. The number of carbonyl (C=O) groups is 2. The third kappa shape index (κ3) is 4.52. The number of carbonyl (C=O) groups excluding carboxylic acids is 2. The molecule has 24 heavy (non-hydrogen) atoms. The Morgan fingerprint density at radius 1 is 1.12 bits per heavy atom. The summed E-state index contributed by atoms with van der Waals surface area (Å²) in [7, 11) is 0. The molecule has 0 aliphatic carbocycles. The van der Waals surface area contributed by atoms with Gasteiger partial charge in [-0.2, -0.15) is 0 Å². The number of likely N-dealkylation sites (tertiary alicyclic amines) is 1. The summed E-state index contributed by atoms with van der Waals surface area (Å²) < 4.78 is 5.28. The Kier molecular flexibility index (Phi) is 5.77. The van der Waals surface area contributed by atoms with Gasteiger partial charge in [0, 0.05) is 50.2 Å². The van der Waals surface area contributed by atoms with Crippen LogP contribution in [0.4, 0.5) is 0 Å². The molecule has 1 aromatic rings. The zero-order valence-electron chi connectivity index (χ0n) is 13.8. The summed E-state index contributed by atoms with van der Waals surface area (Å²) in [6, 6.07) is 3.59. The number of pyridine rings is 1. The Morgan fingerprint density at radius 2 is 1.79 bits per heavy atom. The number of morpholine rings is 1. The lowest BCUT2D eigenvalue weighted by Crippen LogP contribution is -2.49. The molecule has 0 aromatic carbocycles. The topological polar surface area (TPSA) is 74.8 Å². The predicted molar refractivity (Wildman–Crippen MR) is 88.6 cm³/mol. The van der Waals surface area contributed by atoms with Gasteiger partial charge in [-0.15, -0.1) is 0 Å². The standard InChI is InChI=1S/C17H24N4O3/c22-16(21-9-11-24-12-10-21)13-20-7-3-15(4-8-20)19-17(23)14-1-5-18-6-2-14/h1-2,5-6,15H,3-4,7-13H2,(H,19,23). The number of amides is 2. The van der Waals surface area contributed by atoms with Gasteiger partial charge >= 0.3 is 0 Å². The van der Waals surface area contributed by atoms with Crippen molar-refractivity contribution in [1.29, 1.82) is 0 Å². The Labute approximate surface area is 142 Å². The summed E-state index contributed by atoms with van der Waals surface area (Å²) >= 11 is 0. The Balaban J connectivity index is 1.41. The number of aromatic nitrogens is 1. The second kappa shape index (κ2) is 8.21. The molecule has 2 aliphatic heterocycles. The molecular formula is C17H24N4O3. The average molecular weight is 332 g/mol. The Morgan fingerprint density at radius 3 is 2.46 bits per heavy atom. The van der Waals surface area contributed by atoms with E-state index in [1.807, 2.05) is 4.90 Å². The summed E-state index contributed by atoms with van der Waals surface area (Å²) in [5.41, 5.74) is 0.634. The average Bonchev–Trinajstić information content (AvgIpc) is 2.65. The van der Waals surface area contributed by atoms with E-state index >= 15 is 0 Å². The zero-order chi connectivity index (χ0) is 16.8. The second-order valence-electron chi connectivity index (χ2n) is 6.25. The first-order chi connectivity index (χ1) is 11.7. The molecule has 0 spiro atoms. The van der Waals surface area contributed by atoms with E-state index < -0.39 is 0 Å². The maximum atomic E-state index is 12.3. The lowest BCUT2D eigenvalue weighted by Gasteiger charge is -2.34. The van der Waals surface area contributed by atoms with Crippen molar-refractivity contribution in [3.8, 4) is 0 Å². The number of hydrogen-bond acceptors (Lipinski definition) is 5. The summed E-state index contributed by atoms with van der Waals surface area (Å²) in [6.07, 6.45) is 4.98. The predicted octanol–water partition coefficient (Wildman–Crippen LogP) is 0.135. The van der Waals surface area contributed by atoms with Crippen LogP contribution in [0.5, 0.6) is 0 Å². The summed E-state index contributed by atoms with van der Waals surface area (Å²) in [5, 5.41) is 3.07. The molecule has 2 amide bonds. The highest BCUT2D eigenvalue weighted by atomic mass is 16.5. The first-order valence-electron chi connectivity index (χ1n) is 8.51. The molecule has 3 heterocycles. The molecular weight excluding hydrogens is 308 g/mol. The van der Waals surface area contributed by atoms with Crippen LogP contribution in [0, 0.1) is 0 Å². The zero-order valence-corrected chi connectivity index (χ0v) is 13.8. The minimum atomic E-state index is -0.0553. The van der Waals surface area contributed by atoms with Gasteiger partial charge in [0.1, 0.15) is 0 Å². The van der Waals surface area contributed by atoms with Crippen LogP contribution in [0.15, 0.2) is 24.5 Å². The van der Waals surface area contributed by atoms with Gasteiger partial charge in [0.2, 0.25) is 5.91 Å². The third-order valence-corrected chi connectivity index (χ3v) is 4.59. The van der Waals surface area contributed by atoms with Crippen molar-refractivity contribution < 1.29 is 14.3 Å². The molecule has 1 N–H and O–H groups in total. The number of ether oxygens (including phenoxy) is 1. The fourth-order valence-electron chi connectivity index (χ4n) is 3.11. The monoisotopic (exact) mass is 332 g/mol. The van der Waals surface area contributed by atoms with E-state index in [0.717, 1.165) is 25.9 Å². The largest absolute Gasteiger partial charge is 0.378 e. The molecule has 7 heteroatoms. The number of rotatable bonds is 4.